The van der Waals surface area contributed by atoms with Gasteiger partial charge in [-0.25, -0.2) is 0 Å². The van der Waals surface area contributed by atoms with E-state index < -0.39 is 0 Å². The third kappa shape index (κ3) is 273. The molecule has 0 aliphatic rings. The standard InChI is InChI=1S/C7H16.C7H14.C5H10.3C4H10.C4H8.2C3H8.CH5B/c2*1-4-6-7(3)5-2;1-3-5-4-2;4*1-3-4-2;2*1-3-2;1-2/h7H,4-6H2,1-3H3;4,6-7H,5H2,1-3H3;3,5H,4H2,1-2H3;3*3-4H2,1-2H3;3H,1,4H2,2H3;2*3H2,1-2H3;2H2,1H3/b;6-4-;;;;;;;;/i;;;;;;;;;2D. The quantitative estimate of drug-likeness (QED) is 0.169. The molecule has 0 aliphatic carbocycles. The van der Waals surface area contributed by atoms with E-state index in [1.54, 1.807) is 6.82 Å². The lowest BCUT2D eigenvalue weighted by atomic mass is 10.0. The lowest BCUT2D eigenvalue weighted by Gasteiger charge is -2.02. The third-order valence-corrected chi connectivity index (χ3v) is 4.90. The summed E-state index contributed by atoms with van der Waals surface area (Å²) in [5.41, 5.74) is 0. The van der Waals surface area contributed by atoms with Gasteiger partial charge < -0.3 is 0 Å². The van der Waals surface area contributed by atoms with E-state index in [0.29, 0.717) is 7.81 Å². The van der Waals surface area contributed by atoms with Crippen LogP contribution in [0, 0.1) is 11.8 Å². The maximum absolute atomic E-state index is 6.21. The molecular weight excluding hydrogens is 515 g/mol. The predicted octanol–water partition coefficient (Wildman–Crippen LogP) is 16.9. The monoisotopic (exact) mass is 616 g/mol. The Kier molecular flexibility index (Phi) is 172. The Hall–Kier alpha value is -0.715. The van der Waals surface area contributed by atoms with Gasteiger partial charge in [-0.05, 0) is 39.9 Å². The Bertz CT molecular complexity index is 329. The number of hydrogen-bond acceptors (Lipinski definition) is 0. The van der Waals surface area contributed by atoms with Gasteiger partial charge >= 0.3 is 0 Å². The molecule has 0 amide bonds. The molecule has 0 radical (unpaired) electrons. The van der Waals surface area contributed by atoms with Crippen LogP contribution in [0.4, 0.5) is 0 Å². The van der Waals surface area contributed by atoms with Gasteiger partial charge in [0.1, 0.15) is 0 Å². The van der Waals surface area contributed by atoms with E-state index in [-0.39, 0.29) is 0 Å². The molecule has 0 aromatic carbocycles. The highest BCUT2D eigenvalue weighted by Crippen LogP contribution is 2.07. The van der Waals surface area contributed by atoms with Crippen molar-refractivity contribution in [3.05, 3.63) is 37.0 Å². The van der Waals surface area contributed by atoms with E-state index in [9.17, 15) is 0 Å². The lowest BCUT2D eigenvalue weighted by Crippen LogP contribution is -1.88. The van der Waals surface area contributed by atoms with Crippen LogP contribution in [0.5, 0.6) is 0 Å². The van der Waals surface area contributed by atoms with E-state index in [0.717, 1.165) is 24.7 Å². The summed E-state index contributed by atoms with van der Waals surface area (Å²) in [6.45, 7) is 46.4. The molecule has 0 rings (SSSR count). The van der Waals surface area contributed by atoms with Crippen LogP contribution in [0.15, 0.2) is 37.0 Å². The second-order valence-corrected chi connectivity index (χ2v) is 10.3. The summed E-state index contributed by atoms with van der Waals surface area (Å²) in [5.74, 6) is 1.72. The van der Waals surface area contributed by atoms with E-state index in [2.05, 4.69) is 156 Å². The van der Waals surface area contributed by atoms with Crippen LogP contribution in [0.2, 0.25) is 6.82 Å². The maximum atomic E-state index is 6.21. The molecular formula is C42H99B. The molecule has 0 nitrogen and oxygen atoms in total. The highest BCUT2D eigenvalue weighted by molar-refractivity contribution is 6.05. The first-order valence-electron chi connectivity index (χ1n) is 19.8. The van der Waals surface area contributed by atoms with Crippen LogP contribution in [-0.4, -0.2) is 9.15 Å². The average Bonchev–Trinajstić information content (AvgIpc) is 3.03. The van der Waals surface area contributed by atoms with Crippen molar-refractivity contribution in [2.75, 3.05) is 0 Å². The van der Waals surface area contributed by atoms with Gasteiger partial charge in [-0.2, -0.15) is 0 Å². The third-order valence-electron chi connectivity index (χ3n) is 4.90. The first-order valence-corrected chi connectivity index (χ1v) is 19.1. The Morgan fingerprint density at radius 1 is 0.581 bits per heavy atom. The van der Waals surface area contributed by atoms with Gasteiger partial charge in [-0.15, -0.1) is 6.58 Å². The molecule has 2 unspecified atom stereocenters. The number of unbranched alkanes of at least 4 members (excludes halogenated alkanes) is 3. The van der Waals surface area contributed by atoms with Gasteiger partial charge in [0.2, 0.25) is 0 Å². The van der Waals surface area contributed by atoms with Crippen LogP contribution in [0.3, 0.4) is 0 Å². The second kappa shape index (κ2) is 114. The first-order chi connectivity index (χ1) is 20.9. The topological polar surface area (TPSA) is 0 Å². The summed E-state index contributed by atoms with van der Waals surface area (Å²) in [6.07, 6.45) is 28.4. The maximum Gasteiger partial charge on any atom is 0.0973 e. The van der Waals surface area contributed by atoms with E-state index >= 15 is 0 Å². The van der Waals surface area contributed by atoms with Gasteiger partial charge in [-0.3, -0.25) is 0 Å². The lowest BCUT2D eigenvalue weighted by molar-refractivity contribution is 0.509. The molecule has 1 heteroatoms. The van der Waals surface area contributed by atoms with Crippen molar-refractivity contribution < 1.29 is 0 Å². The minimum Gasteiger partial charge on any atom is -0.103 e. The molecule has 0 saturated heterocycles. The second-order valence-electron chi connectivity index (χ2n) is 10.3. The minimum atomic E-state index is 0.500. The smallest absolute Gasteiger partial charge is 0.0973 e. The van der Waals surface area contributed by atoms with Crippen LogP contribution >= 0.6 is 0 Å². The molecule has 0 bridgehead atoms. The van der Waals surface area contributed by atoms with Gasteiger partial charge in [0.05, 0.1) is 7.81 Å². The normalized spacial score (nSPS) is 9.81. The predicted molar refractivity (Wildman–Crippen MR) is 222 cm³/mol. The summed E-state index contributed by atoms with van der Waals surface area (Å²) in [4.78, 5) is 0. The summed E-state index contributed by atoms with van der Waals surface area (Å²) in [5, 5.41) is 0. The van der Waals surface area contributed by atoms with Gasteiger partial charge in [0, 0.05) is 0 Å². The van der Waals surface area contributed by atoms with Crippen molar-refractivity contribution in [1.29, 1.82) is 1.34 Å². The highest BCUT2D eigenvalue weighted by atomic mass is 14.0. The van der Waals surface area contributed by atoms with Crippen LogP contribution in [0.25, 0.3) is 0 Å². The molecule has 270 valence electrons. The fourth-order valence-corrected chi connectivity index (χ4v) is 1.40. The fourth-order valence-electron chi connectivity index (χ4n) is 1.40. The largest absolute Gasteiger partial charge is 0.103 e. The highest BCUT2D eigenvalue weighted by Gasteiger charge is 1.92. The number of rotatable bonds is 10. The average molecular weight is 616 g/mol. The minimum absolute atomic E-state index is 0.500. The summed E-state index contributed by atoms with van der Waals surface area (Å²) in [6, 6.07) is 0. The zero-order valence-electron chi connectivity index (χ0n) is 36.4. The zero-order valence-corrected chi connectivity index (χ0v) is 35.4. The van der Waals surface area contributed by atoms with Crippen molar-refractivity contribution in [2.45, 2.75) is 228 Å². The summed E-state index contributed by atoms with van der Waals surface area (Å²) >= 11 is 0. The first kappa shape index (κ1) is 65.1. The Morgan fingerprint density at radius 2 is 0.884 bits per heavy atom. The molecule has 0 spiro atoms. The van der Waals surface area contributed by atoms with Crippen LogP contribution in [0.1, 0.15) is 221 Å². The SMILES string of the molecule is C/C=C\C(C)CC.C=CCC.CC=CCC.CCC.CCC.CCCC.CCCC.CCCC.CCCC(C)CC.[2H]BC. The van der Waals surface area contributed by atoms with Crippen LogP contribution < -0.4 is 0 Å². The molecule has 0 fully saturated rings. The Balaban J connectivity index is -0.0000000371. The van der Waals surface area contributed by atoms with E-state index in [1.807, 2.05) is 13.0 Å². The Labute approximate surface area is 285 Å². The molecule has 0 aliphatic heterocycles. The van der Waals surface area contributed by atoms with Gasteiger partial charge in [0.15, 0.2) is 0 Å². The summed E-state index contributed by atoms with van der Waals surface area (Å²) < 4.78 is 6.21. The van der Waals surface area contributed by atoms with Crippen molar-refractivity contribution in [3.8, 4) is 0 Å². The number of allylic oxidation sites excluding steroid dienone is 5. The molecule has 0 heterocycles. The number of hydrogen-bond donors (Lipinski definition) is 0. The van der Waals surface area contributed by atoms with Crippen molar-refractivity contribution >= 4 is 7.81 Å². The van der Waals surface area contributed by atoms with E-state index in [4.69, 9.17) is 1.34 Å². The van der Waals surface area contributed by atoms with Crippen molar-refractivity contribution in [3.63, 3.8) is 0 Å². The molecule has 0 N–H and O–H groups in total. The molecule has 2 atom stereocenters. The molecule has 0 aromatic rings. The summed E-state index contributed by atoms with van der Waals surface area (Å²) in [7, 11) is 0.500. The molecule has 0 saturated carbocycles. The van der Waals surface area contributed by atoms with Gasteiger partial charge in [0.25, 0.3) is 0 Å². The molecule has 43 heavy (non-hydrogen) atoms. The fraction of sp³-hybridized carbons (Fsp3) is 0.857. The van der Waals surface area contributed by atoms with E-state index in [1.165, 1.54) is 77.0 Å². The molecule has 0 aromatic heterocycles. The Morgan fingerprint density at radius 3 is 0.930 bits per heavy atom. The van der Waals surface area contributed by atoms with Crippen molar-refractivity contribution in [1.82, 2.24) is 0 Å². The van der Waals surface area contributed by atoms with Crippen LogP contribution in [-0.2, 0) is 0 Å². The zero-order chi connectivity index (χ0) is 37.3. The van der Waals surface area contributed by atoms with Crippen molar-refractivity contribution in [2.24, 2.45) is 11.8 Å². The van der Waals surface area contributed by atoms with Gasteiger partial charge in [-0.1, -0.05) is 232 Å².